The Morgan fingerprint density at radius 3 is 2.80 bits per heavy atom. The van der Waals surface area contributed by atoms with Crippen molar-refractivity contribution in [3.8, 4) is 0 Å². The van der Waals surface area contributed by atoms with Crippen LogP contribution in [0.2, 0.25) is 0 Å². The lowest BCUT2D eigenvalue weighted by Crippen LogP contribution is -2.38. The molecule has 2 aliphatic rings. The molecule has 5 nitrogen and oxygen atoms in total. The van der Waals surface area contributed by atoms with Gasteiger partial charge in [-0.1, -0.05) is 45.1 Å². The van der Waals surface area contributed by atoms with E-state index in [1.54, 1.807) is 4.68 Å². The molecule has 25 heavy (non-hydrogen) atoms. The molecule has 0 bridgehead atoms. The molecular formula is C20H25N3O2. The smallest absolute Gasteiger partial charge is 0.280 e. The molecule has 5 heteroatoms. The Labute approximate surface area is 147 Å². The van der Waals surface area contributed by atoms with Gasteiger partial charge in [-0.25, -0.2) is 9.66 Å². The van der Waals surface area contributed by atoms with Crippen LogP contribution >= 0.6 is 0 Å². The summed E-state index contributed by atoms with van der Waals surface area (Å²) in [4.78, 5) is 17.9. The number of nitrogens with zero attached hydrogens (tertiary/aromatic N) is 3. The topological polar surface area (TPSA) is 58.1 Å². The Hall–Kier alpha value is -2.14. The zero-order chi connectivity index (χ0) is 17.8. The zero-order valence-corrected chi connectivity index (χ0v) is 15.0. The van der Waals surface area contributed by atoms with E-state index in [9.17, 15) is 9.90 Å². The van der Waals surface area contributed by atoms with Crippen LogP contribution in [0.25, 0.3) is 10.9 Å². The lowest BCUT2D eigenvalue weighted by atomic mass is 9.88. The largest absolute Gasteiger partial charge is 0.385 e. The van der Waals surface area contributed by atoms with Gasteiger partial charge in [-0.3, -0.25) is 9.80 Å². The molecule has 1 saturated heterocycles. The van der Waals surface area contributed by atoms with E-state index >= 15 is 0 Å². The first-order valence-corrected chi connectivity index (χ1v) is 9.04. The molecule has 4 rings (SSSR count). The molecule has 0 saturated carbocycles. The maximum atomic E-state index is 13.2. The van der Waals surface area contributed by atoms with E-state index < -0.39 is 11.5 Å². The third-order valence-electron chi connectivity index (χ3n) is 5.23. The van der Waals surface area contributed by atoms with Crippen LogP contribution < -0.4 is 10.6 Å². The van der Waals surface area contributed by atoms with Crippen LogP contribution in [0.5, 0.6) is 0 Å². The first-order valence-electron chi connectivity index (χ1n) is 9.04. The lowest BCUT2D eigenvalue weighted by Gasteiger charge is -2.28. The summed E-state index contributed by atoms with van der Waals surface area (Å²) in [5, 5.41) is 13.6. The molecule has 2 heterocycles. The Morgan fingerprint density at radius 2 is 2.04 bits per heavy atom. The quantitative estimate of drug-likeness (QED) is 0.675. The van der Waals surface area contributed by atoms with Crippen molar-refractivity contribution in [2.45, 2.75) is 58.2 Å². The Bertz CT molecular complexity index is 894. The first kappa shape index (κ1) is 16.3. The number of fused-ring (bicyclic) bond motifs is 2. The molecule has 132 valence electrons. The molecule has 1 aliphatic heterocycles. The van der Waals surface area contributed by atoms with Crippen molar-refractivity contribution in [2.24, 2.45) is 5.41 Å². The van der Waals surface area contributed by atoms with E-state index in [1.165, 1.54) is 0 Å². The van der Waals surface area contributed by atoms with Gasteiger partial charge in [0.2, 0.25) is 0 Å². The number of rotatable bonds is 2. The van der Waals surface area contributed by atoms with Crippen LogP contribution in [0.4, 0.5) is 0 Å². The highest BCUT2D eigenvalue weighted by molar-refractivity contribution is 5.77. The van der Waals surface area contributed by atoms with Crippen LogP contribution in [0, 0.1) is 5.41 Å². The molecule has 1 fully saturated rings. The van der Waals surface area contributed by atoms with Gasteiger partial charge in [0, 0.05) is 0 Å². The van der Waals surface area contributed by atoms with Crippen molar-refractivity contribution in [3.05, 3.63) is 52.6 Å². The van der Waals surface area contributed by atoms with Crippen molar-refractivity contribution < 1.29 is 5.11 Å². The first-order chi connectivity index (χ1) is 11.9. The monoisotopic (exact) mass is 339 g/mol. The van der Waals surface area contributed by atoms with Gasteiger partial charge in [0.05, 0.1) is 23.0 Å². The van der Waals surface area contributed by atoms with Crippen molar-refractivity contribution in [1.82, 2.24) is 9.66 Å². The van der Waals surface area contributed by atoms with Crippen LogP contribution in [0.15, 0.2) is 41.2 Å². The normalized spacial score (nSPS) is 24.1. The van der Waals surface area contributed by atoms with Crippen LogP contribution in [-0.4, -0.2) is 26.9 Å². The molecule has 1 aliphatic carbocycles. The fourth-order valence-corrected chi connectivity index (χ4v) is 3.70. The minimum atomic E-state index is -0.821. The number of para-hydroxylation sites is 1. The van der Waals surface area contributed by atoms with Gasteiger partial charge in [-0.05, 0) is 36.8 Å². The SMILES string of the molecule is CC(C)(C)[C@H](O)c1nc2ccccc2c(=O)n1N1[C@@H]2CCCC=C[C@@H]21. The Kier molecular flexibility index (Phi) is 3.72. The molecule has 0 spiro atoms. The standard InChI is InChI=1S/C20H25N3O2/c1-20(2,3)17(24)18-21-14-10-8-7-9-13(14)19(25)23(18)22-15-11-5-4-6-12-16(15)22/h5,7-11,15-17,24H,4,6,12H2,1-3H3/t15-,16+,17+,22?/m0/s1. The summed E-state index contributed by atoms with van der Waals surface area (Å²) >= 11 is 0. The van der Waals surface area contributed by atoms with Crippen molar-refractivity contribution in [3.63, 3.8) is 0 Å². The fraction of sp³-hybridized carbons (Fsp3) is 0.500. The van der Waals surface area contributed by atoms with E-state index in [0.29, 0.717) is 22.8 Å². The number of aromatic nitrogens is 2. The molecule has 0 amide bonds. The molecular weight excluding hydrogens is 314 g/mol. The van der Waals surface area contributed by atoms with Crippen molar-refractivity contribution >= 4 is 10.9 Å². The van der Waals surface area contributed by atoms with Crippen LogP contribution in [-0.2, 0) is 0 Å². The van der Waals surface area contributed by atoms with Crippen LogP contribution in [0.1, 0.15) is 52.0 Å². The van der Waals surface area contributed by atoms with E-state index in [4.69, 9.17) is 4.98 Å². The number of aliphatic hydroxyl groups excluding tert-OH is 1. The maximum Gasteiger partial charge on any atom is 0.280 e. The summed E-state index contributed by atoms with van der Waals surface area (Å²) < 4.78 is 1.64. The average molecular weight is 339 g/mol. The number of hydrogen-bond donors (Lipinski definition) is 1. The highest BCUT2D eigenvalue weighted by atomic mass is 16.3. The molecule has 2 aromatic rings. The second-order valence-electron chi connectivity index (χ2n) is 8.17. The summed E-state index contributed by atoms with van der Waals surface area (Å²) in [5.74, 6) is 0.442. The van der Waals surface area contributed by atoms with Gasteiger partial charge in [-0.2, -0.15) is 0 Å². The summed E-state index contributed by atoms with van der Waals surface area (Å²) in [6.07, 6.45) is 6.85. The molecule has 3 atom stereocenters. The van der Waals surface area contributed by atoms with Gasteiger partial charge in [0.1, 0.15) is 6.10 Å². The Balaban J connectivity index is 1.92. The van der Waals surface area contributed by atoms with Gasteiger partial charge < -0.3 is 5.11 Å². The molecule has 1 N–H and O–H groups in total. The number of aliphatic hydroxyl groups is 1. The van der Waals surface area contributed by atoms with E-state index in [1.807, 2.05) is 45.0 Å². The third kappa shape index (κ3) is 2.67. The summed E-state index contributed by atoms with van der Waals surface area (Å²) in [6.45, 7) is 5.89. The minimum Gasteiger partial charge on any atom is -0.385 e. The van der Waals surface area contributed by atoms with Gasteiger partial charge in [-0.15, -0.1) is 0 Å². The molecule has 0 unspecified atom stereocenters. The second-order valence-corrected chi connectivity index (χ2v) is 8.17. The second kappa shape index (κ2) is 5.70. The summed E-state index contributed by atoms with van der Waals surface area (Å²) in [7, 11) is 0. The minimum absolute atomic E-state index is 0.0922. The summed E-state index contributed by atoms with van der Waals surface area (Å²) in [5.41, 5.74) is 0.141. The highest BCUT2D eigenvalue weighted by Crippen LogP contribution is 2.37. The third-order valence-corrected chi connectivity index (χ3v) is 5.23. The van der Waals surface area contributed by atoms with E-state index in [2.05, 4.69) is 17.2 Å². The number of benzene rings is 1. The lowest BCUT2D eigenvalue weighted by molar-refractivity contribution is 0.0511. The summed E-state index contributed by atoms with van der Waals surface area (Å²) in [6, 6.07) is 7.93. The van der Waals surface area contributed by atoms with Crippen molar-refractivity contribution in [1.29, 1.82) is 0 Å². The Morgan fingerprint density at radius 1 is 1.28 bits per heavy atom. The zero-order valence-electron chi connectivity index (χ0n) is 15.0. The van der Waals surface area contributed by atoms with Gasteiger partial charge in [0.25, 0.3) is 5.56 Å². The number of hydrogen-bond acceptors (Lipinski definition) is 4. The molecule has 1 aromatic carbocycles. The fourth-order valence-electron chi connectivity index (χ4n) is 3.70. The van der Waals surface area contributed by atoms with Gasteiger partial charge in [0.15, 0.2) is 5.82 Å². The van der Waals surface area contributed by atoms with E-state index in [0.717, 1.165) is 19.3 Å². The molecule has 0 radical (unpaired) electrons. The maximum absolute atomic E-state index is 13.2. The van der Waals surface area contributed by atoms with E-state index in [-0.39, 0.29) is 11.6 Å². The predicted molar refractivity (Wildman–Crippen MR) is 99.2 cm³/mol. The van der Waals surface area contributed by atoms with Crippen molar-refractivity contribution in [2.75, 3.05) is 5.01 Å². The molecule has 1 aromatic heterocycles. The highest BCUT2D eigenvalue weighted by Gasteiger charge is 2.49. The average Bonchev–Trinajstić information content (AvgIpc) is 3.29. The predicted octanol–water partition coefficient (Wildman–Crippen LogP) is 2.90. The van der Waals surface area contributed by atoms with Gasteiger partial charge >= 0.3 is 0 Å². The van der Waals surface area contributed by atoms with Crippen LogP contribution in [0.3, 0.4) is 0 Å². The number of allylic oxidation sites excluding steroid dienone is 1.